The normalized spacial score (nSPS) is 24.8. The molecule has 0 bridgehead atoms. The second kappa shape index (κ2) is 6.21. The van der Waals surface area contributed by atoms with Gasteiger partial charge in [-0.15, -0.1) is 0 Å². The maximum Gasteiger partial charge on any atom is 0.245 e. The van der Waals surface area contributed by atoms with Crippen LogP contribution in [0.5, 0.6) is 0 Å². The van der Waals surface area contributed by atoms with E-state index < -0.39 is 0 Å². The monoisotopic (exact) mass is 254 g/mol. The quantitative estimate of drug-likeness (QED) is 0.831. The highest BCUT2D eigenvalue weighted by molar-refractivity contribution is 5.90. The summed E-state index contributed by atoms with van der Waals surface area (Å²) < 4.78 is 0. The van der Waals surface area contributed by atoms with Crippen LogP contribution in [-0.4, -0.2) is 35.3 Å². The summed E-state index contributed by atoms with van der Waals surface area (Å²) in [6.45, 7) is 10.9. The molecule has 1 saturated heterocycles. The van der Waals surface area contributed by atoms with Gasteiger partial charge in [0.15, 0.2) is 0 Å². The predicted molar refractivity (Wildman–Crippen MR) is 72.0 cm³/mol. The first-order valence-corrected chi connectivity index (χ1v) is 6.98. The third kappa shape index (κ3) is 3.24. The zero-order valence-corrected chi connectivity index (χ0v) is 12.2. The lowest BCUT2D eigenvalue weighted by Gasteiger charge is -2.33. The van der Waals surface area contributed by atoms with Gasteiger partial charge in [0.05, 0.1) is 0 Å². The van der Waals surface area contributed by atoms with Crippen molar-refractivity contribution in [1.82, 2.24) is 10.2 Å². The first-order valence-electron chi connectivity index (χ1n) is 6.98. The van der Waals surface area contributed by atoms with E-state index in [1.807, 2.05) is 18.7 Å². The molecule has 1 aliphatic rings. The fourth-order valence-corrected chi connectivity index (χ4v) is 2.20. The van der Waals surface area contributed by atoms with Crippen LogP contribution in [0, 0.1) is 11.8 Å². The molecule has 1 heterocycles. The van der Waals surface area contributed by atoms with Crippen LogP contribution in [-0.2, 0) is 9.59 Å². The van der Waals surface area contributed by atoms with E-state index in [0.717, 1.165) is 6.42 Å². The van der Waals surface area contributed by atoms with E-state index in [9.17, 15) is 9.59 Å². The summed E-state index contributed by atoms with van der Waals surface area (Å²) in [6, 6.07) is -0.178. The fourth-order valence-electron chi connectivity index (χ4n) is 2.20. The average molecular weight is 254 g/mol. The third-order valence-corrected chi connectivity index (χ3v) is 4.11. The van der Waals surface area contributed by atoms with E-state index in [-0.39, 0.29) is 29.8 Å². The van der Waals surface area contributed by atoms with Crippen molar-refractivity contribution in [3.05, 3.63) is 0 Å². The summed E-state index contributed by atoms with van der Waals surface area (Å²) in [4.78, 5) is 26.1. The summed E-state index contributed by atoms with van der Waals surface area (Å²) in [7, 11) is 0. The largest absolute Gasteiger partial charge is 0.344 e. The van der Waals surface area contributed by atoms with Crippen molar-refractivity contribution < 1.29 is 9.59 Å². The highest BCUT2D eigenvalue weighted by Gasteiger charge is 2.35. The van der Waals surface area contributed by atoms with E-state index in [1.54, 1.807) is 0 Å². The van der Waals surface area contributed by atoms with E-state index in [4.69, 9.17) is 0 Å². The Bertz CT molecular complexity index is 315. The fraction of sp³-hybridized carbons (Fsp3) is 0.857. The highest BCUT2D eigenvalue weighted by Crippen LogP contribution is 2.19. The number of nitrogens with zero attached hydrogens (tertiary/aromatic N) is 1. The predicted octanol–water partition coefficient (Wildman–Crippen LogP) is 1.79. The van der Waals surface area contributed by atoms with Crippen LogP contribution in [0.2, 0.25) is 0 Å². The van der Waals surface area contributed by atoms with Crippen LogP contribution in [0.15, 0.2) is 0 Å². The van der Waals surface area contributed by atoms with Crippen molar-refractivity contribution >= 4 is 11.8 Å². The van der Waals surface area contributed by atoms with Crippen LogP contribution in [0.1, 0.15) is 47.5 Å². The number of hydrogen-bond donors (Lipinski definition) is 1. The first-order chi connectivity index (χ1) is 8.38. The van der Waals surface area contributed by atoms with Gasteiger partial charge in [0.2, 0.25) is 11.8 Å². The van der Waals surface area contributed by atoms with Gasteiger partial charge in [0.25, 0.3) is 0 Å². The van der Waals surface area contributed by atoms with Crippen molar-refractivity contribution in [2.75, 3.05) is 6.54 Å². The summed E-state index contributed by atoms with van der Waals surface area (Å²) in [6.07, 6.45) is 1.30. The molecule has 1 fully saturated rings. The molecule has 0 saturated carbocycles. The Morgan fingerprint density at radius 3 is 2.39 bits per heavy atom. The van der Waals surface area contributed by atoms with Crippen molar-refractivity contribution in [2.24, 2.45) is 11.8 Å². The number of rotatable bonds is 4. The molecule has 0 spiro atoms. The number of carbonyl (C=O) groups excluding carboxylic acids is 2. The molecule has 3 atom stereocenters. The minimum atomic E-state index is -0.355. The third-order valence-electron chi connectivity index (χ3n) is 4.11. The lowest BCUT2D eigenvalue weighted by molar-refractivity contribution is -0.137. The minimum absolute atomic E-state index is 0.00731. The maximum atomic E-state index is 12.5. The van der Waals surface area contributed by atoms with Gasteiger partial charge < -0.3 is 10.2 Å². The topological polar surface area (TPSA) is 49.4 Å². The Labute approximate surface area is 110 Å². The maximum absolute atomic E-state index is 12.5. The zero-order chi connectivity index (χ0) is 13.9. The first kappa shape index (κ1) is 15.0. The smallest absolute Gasteiger partial charge is 0.245 e. The molecule has 0 aromatic heterocycles. The van der Waals surface area contributed by atoms with Crippen molar-refractivity contribution in [3.8, 4) is 0 Å². The summed E-state index contributed by atoms with van der Waals surface area (Å²) in [5.41, 5.74) is 0. The Morgan fingerprint density at radius 1 is 1.28 bits per heavy atom. The standard InChI is InChI=1S/C14H26N2O2/c1-6-10(4)13-14(18)16(11(5)9(2)3)8-7-12(17)15-13/h9-11,13H,6-8H2,1-5H3,(H,15,17). The molecule has 0 radical (unpaired) electrons. The number of hydrogen-bond acceptors (Lipinski definition) is 2. The molecule has 0 aromatic rings. The van der Waals surface area contributed by atoms with Gasteiger partial charge >= 0.3 is 0 Å². The highest BCUT2D eigenvalue weighted by atomic mass is 16.2. The molecular weight excluding hydrogens is 228 g/mol. The summed E-state index contributed by atoms with van der Waals surface area (Å²) >= 11 is 0. The number of nitrogens with one attached hydrogen (secondary N) is 1. The molecule has 18 heavy (non-hydrogen) atoms. The molecule has 0 aromatic carbocycles. The van der Waals surface area contributed by atoms with Crippen LogP contribution in [0.4, 0.5) is 0 Å². The van der Waals surface area contributed by atoms with Crippen LogP contribution >= 0.6 is 0 Å². The summed E-state index contributed by atoms with van der Waals surface area (Å²) in [5, 5.41) is 2.87. The van der Waals surface area contributed by atoms with Crippen LogP contribution in [0.25, 0.3) is 0 Å². The van der Waals surface area contributed by atoms with Gasteiger partial charge in [-0.1, -0.05) is 34.1 Å². The lowest BCUT2D eigenvalue weighted by atomic mass is 9.96. The Morgan fingerprint density at radius 2 is 1.89 bits per heavy atom. The molecule has 1 N–H and O–H groups in total. The van der Waals surface area contributed by atoms with Crippen molar-refractivity contribution in [3.63, 3.8) is 0 Å². The van der Waals surface area contributed by atoms with Gasteiger partial charge in [-0.3, -0.25) is 9.59 Å². The van der Waals surface area contributed by atoms with Crippen molar-refractivity contribution in [1.29, 1.82) is 0 Å². The molecule has 1 aliphatic heterocycles. The minimum Gasteiger partial charge on any atom is -0.344 e. The van der Waals surface area contributed by atoms with E-state index >= 15 is 0 Å². The molecule has 4 heteroatoms. The zero-order valence-electron chi connectivity index (χ0n) is 12.2. The molecule has 3 unspecified atom stereocenters. The van der Waals surface area contributed by atoms with E-state index in [1.165, 1.54) is 0 Å². The molecular formula is C14H26N2O2. The van der Waals surface area contributed by atoms with Gasteiger partial charge in [0.1, 0.15) is 6.04 Å². The lowest BCUT2D eigenvalue weighted by Crippen LogP contribution is -2.51. The Hall–Kier alpha value is -1.06. The second-order valence-corrected chi connectivity index (χ2v) is 5.70. The van der Waals surface area contributed by atoms with E-state index in [0.29, 0.717) is 18.9 Å². The van der Waals surface area contributed by atoms with Gasteiger partial charge in [-0.2, -0.15) is 0 Å². The van der Waals surface area contributed by atoms with Gasteiger partial charge in [-0.25, -0.2) is 0 Å². The second-order valence-electron chi connectivity index (χ2n) is 5.70. The van der Waals surface area contributed by atoms with Crippen LogP contribution < -0.4 is 5.32 Å². The van der Waals surface area contributed by atoms with Gasteiger partial charge in [-0.05, 0) is 18.8 Å². The van der Waals surface area contributed by atoms with Gasteiger partial charge in [0, 0.05) is 19.0 Å². The Balaban J connectivity index is 2.92. The number of amides is 2. The SMILES string of the molecule is CCC(C)C1NC(=O)CCN(C(C)C(C)C)C1=O. The average Bonchev–Trinajstić information content (AvgIpc) is 2.47. The van der Waals surface area contributed by atoms with Crippen LogP contribution in [0.3, 0.4) is 0 Å². The molecule has 2 amide bonds. The van der Waals surface area contributed by atoms with E-state index in [2.05, 4.69) is 26.1 Å². The molecule has 1 rings (SSSR count). The number of carbonyl (C=O) groups is 2. The molecule has 104 valence electrons. The summed E-state index contributed by atoms with van der Waals surface area (Å²) in [5.74, 6) is 0.657. The molecule has 0 aliphatic carbocycles. The van der Waals surface area contributed by atoms with Crippen molar-refractivity contribution in [2.45, 2.75) is 59.5 Å². The molecule has 4 nitrogen and oxygen atoms in total. The Kier molecular flexibility index (Phi) is 5.17.